The van der Waals surface area contributed by atoms with E-state index in [2.05, 4.69) is 17.1 Å². The van der Waals surface area contributed by atoms with Gasteiger partial charge < -0.3 is 28.4 Å². The van der Waals surface area contributed by atoms with E-state index in [-0.39, 0.29) is 0 Å². The van der Waals surface area contributed by atoms with Crippen LogP contribution in [0.15, 0.2) is 96.0 Å². The van der Waals surface area contributed by atoms with Crippen LogP contribution in [0.25, 0.3) is 0 Å². The van der Waals surface area contributed by atoms with Gasteiger partial charge in [0.15, 0.2) is 0 Å². The summed E-state index contributed by atoms with van der Waals surface area (Å²) in [5.41, 5.74) is 2.33. The second-order valence-electron chi connectivity index (χ2n) is 13.2. The number of unbranched alkanes of at least 4 members (excludes halogenated alkanes) is 9. The highest BCUT2D eigenvalue weighted by atomic mass is 16.5. The summed E-state index contributed by atoms with van der Waals surface area (Å²) in [5, 5.41) is 17.9. The number of ether oxygens (including phenoxy) is 6. The molecule has 55 heavy (non-hydrogen) atoms. The molecular formula is C46H55N3O6. The standard InChI is InChI=1S/C46H55N3O6/c1-49-37-40-18-24-43(25-19-40)52-28-10-4-7-13-31-55-46-33-44(53-29-11-5-2-8-26-50-41-20-14-38(35-47)15-21-41)32-45(34-46)54-30-12-6-3-9-27-51-42-22-16-39(36-48)17-23-42/h14-25,32-34,37H,2-13,26-31H2,1H3/b49-37-. The Hall–Kier alpha value is -5.67. The lowest BCUT2D eigenvalue weighted by Gasteiger charge is -2.14. The zero-order chi connectivity index (χ0) is 38.6. The Kier molecular flexibility index (Phi) is 20.0. The van der Waals surface area contributed by atoms with Crippen LogP contribution >= 0.6 is 0 Å². The minimum Gasteiger partial charge on any atom is -0.494 e. The van der Waals surface area contributed by atoms with Gasteiger partial charge in [-0.15, -0.1) is 0 Å². The number of hydrogen-bond acceptors (Lipinski definition) is 9. The molecule has 9 nitrogen and oxygen atoms in total. The van der Waals surface area contributed by atoms with Gasteiger partial charge in [-0.1, -0.05) is 0 Å². The van der Waals surface area contributed by atoms with Gasteiger partial charge in [0, 0.05) is 31.5 Å². The molecule has 0 saturated heterocycles. The van der Waals surface area contributed by atoms with Crippen molar-refractivity contribution in [3.8, 4) is 46.6 Å². The fourth-order valence-corrected chi connectivity index (χ4v) is 5.66. The fraction of sp³-hybridized carbons (Fsp3) is 0.413. The van der Waals surface area contributed by atoms with Crippen LogP contribution in [0.1, 0.15) is 93.7 Å². The Labute approximate surface area is 327 Å². The predicted octanol–water partition coefficient (Wildman–Crippen LogP) is 10.5. The van der Waals surface area contributed by atoms with E-state index in [9.17, 15) is 0 Å². The van der Waals surface area contributed by atoms with E-state index in [1.54, 1.807) is 31.3 Å². The van der Waals surface area contributed by atoms with Crippen molar-refractivity contribution in [3.05, 3.63) is 108 Å². The maximum atomic E-state index is 8.94. The Balaban J connectivity index is 1.13. The van der Waals surface area contributed by atoms with Gasteiger partial charge in [-0.2, -0.15) is 10.5 Å². The molecule has 4 rings (SSSR count). The van der Waals surface area contributed by atoms with Crippen molar-refractivity contribution >= 4 is 6.21 Å². The highest BCUT2D eigenvalue weighted by Crippen LogP contribution is 2.29. The summed E-state index contributed by atoms with van der Waals surface area (Å²) in [6.45, 7) is 3.85. The molecular weight excluding hydrogens is 691 g/mol. The van der Waals surface area contributed by atoms with Gasteiger partial charge in [0.05, 0.1) is 62.9 Å². The van der Waals surface area contributed by atoms with Crippen molar-refractivity contribution in [2.45, 2.75) is 77.0 Å². The average molecular weight is 746 g/mol. The second kappa shape index (κ2) is 26.2. The van der Waals surface area contributed by atoms with E-state index >= 15 is 0 Å². The molecule has 0 saturated carbocycles. The SMILES string of the molecule is C/N=C\c1ccc(OCCCCCCOc2cc(OCCCCCCOc3ccc(C#N)cc3)cc(OCCCCCCOc3ccc(C#N)cc3)c2)cc1. The van der Waals surface area contributed by atoms with Crippen LogP contribution in [-0.4, -0.2) is 52.9 Å². The lowest BCUT2D eigenvalue weighted by atomic mass is 10.2. The van der Waals surface area contributed by atoms with Gasteiger partial charge in [-0.3, -0.25) is 4.99 Å². The predicted molar refractivity (Wildman–Crippen MR) is 217 cm³/mol. The van der Waals surface area contributed by atoms with Gasteiger partial charge in [0.1, 0.15) is 34.5 Å². The fourth-order valence-electron chi connectivity index (χ4n) is 5.66. The molecule has 0 heterocycles. The first kappa shape index (κ1) is 42.1. The van der Waals surface area contributed by atoms with Crippen molar-refractivity contribution in [1.29, 1.82) is 10.5 Å². The first-order valence-electron chi connectivity index (χ1n) is 19.6. The van der Waals surface area contributed by atoms with Crippen LogP contribution in [0.3, 0.4) is 0 Å². The molecule has 0 fully saturated rings. The third kappa shape index (κ3) is 17.8. The van der Waals surface area contributed by atoms with Crippen molar-refractivity contribution in [1.82, 2.24) is 0 Å². The molecule has 0 unspecified atom stereocenters. The maximum Gasteiger partial charge on any atom is 0.126 e. The summed E-state index contributed by atoms with van der Waals surface area (Å²) < 4.78 is 36.0. The van der Waals surface area contributed by atoms with Gasteiger partial charge in [0.25, 0.3) is 0 Å². The highest BCUT2D eigenvalue weighted by molar-refractivity contribution is 5.79. The van der Waals surface area contributed by atoms with Crippen LogP contribution < -0.4 is 28.4 Å². The van der Waals surface area contributed by atoms with Crippen LogP contribution in [0.4, 0.5) is 0 Å². The number of hydrogen-bond donors (Lipinski definition) is 0. The molecule has 0 bridgehead atoms. The highest BCUT2D eigenvalue weighted by Gasteiger charge is 2.07. The molecule has 4 aromatic carbocycles. The number of benzene rings is 4. The molecule has 0 radical (unpaired) electrons. The Morgan fingerprint density at radius 3 is 0.945 bits per heavy atom. The summed E-state index contributed by atoms with van der Waals surface area (Å²) in [6, 6.07) is 32.5. The van der Waals surface area contributed by atoms with Crippen molar-refractivity contribution in [3.63, 3.8) is 0 Å². The molecule has 0 amide bonds. The lowest BCUT2D eigenvalue weighted by molar-refractivity contribution is 0.269. The van der Waals surface area contributed by atoms with Gasteiger partial charge in [-0.25, -0.2) is 0 Å². The Morgan fingerprint density at radius 1 is 0.400 bits per heavy atom. The number of nitrogens with zero attached hydrogens (tertiary/aromatic N) is 3. The molecule has 9 heteroatoms. The van der Waals surface area contributed by atoms with Crippen molar-refractivity contribution in [2.75, 3.05) is 46.7 Å². The first-order valence-corrected chi connectivity index (χ1v) is 19.6. The Bertz CT molecular complexity index is 1650. The van der Waals surface area contributed by atoms with E-state index < -0.39 is 0 Å². The summed E-state index contributed by atoms with van der Waals surface area (Å²) in [6.07, 6.45) is 13.9. The monoisotopic (exact) mass is 745 g/mol. The summed E-state index contributed by atoms with van der Waals surface area (Å²) in [7, 11) is 1.77. The zero-order valence-electron chi connectivity index (χ0n) is 32.3. The molecule has 0 aliphatic carbocycles. The van der Waals surface area contributed by atoms with Crippen molar-refractivity contribution < 1.29 is 28.4 Å². The summed E-state index contributed by atoms with van der Waals surface area (Å²) in [5.74, 6) is 4.73. The molecule has 0 aliphatic heterocycles. The second-order valence-corrected chi connectivity index (χ2v) is 13.2. The van der Waals surface area contributed by atoms with Crippen LogP contribution in [0.2, 0.25) is 0 Å². The van der Waals surface area contributed by atoms with Crippen LogP contribution in [-0.2, 0) is 0 Å². The third-order valence-corrected chi connectivity index (χ3v) is 8.71. The Morgan fingerprint density at radius 2 is 0.673 bits per heavy atom. The molecule has 0 N–H and O–H groups in total. The topological polar surface area (TPSA) is 115 Å². The largest absolute Gasteiger partial charge is 0.494 e. The molecule has 0 atom stereocenters. The molecule has 290 valence electrons. The summed E-state index contributed by atoms with van der Waals surface area (Å²) >= 11 is 0. The molecule has 0 aliphatic rings. The number of nitriles is 2. The van der Waals surface area contributed by atoms with E-state index in [0.717, 1.165) is 117 Å². The van der Waals surface area contributed by atoms with Crippen LogP contribution in [0, 0.1) is 22.7 Å². The lowest BCUT2D eigenvalue weighted by Crippen LogP contribution is -2.03. The number of aliphatic imine (C=N–C) groups is 1. The van der Waals surface area contributed by atoms with Crippen LogP contribution in [0.5, 0.6) is 34.5 Å². The van der Waals surface area contributed by atoms with E-state index in [1.165, 1.54) is 0 Å². The average Bonchev–Trinajstić information content (AvgIpc) is 3.22. The van der Waals surface area contributed by atoms with Gasteiger partial charge in [0.2, 0.25) is 0 Å². The third-order valence-electron chi connectivity index (χ3n) is 8.71. The summed E-state index contributed by atoms with van der Waals surface area (Å²) in [4.78, 5) is 4.04. The minimum absolute atomic E-state index is 0.614. The quantitative estimate of drug-likeness (QED) is 0.0417. The number of rotatable bonds is 28. The van der Waals surface area contributed by atoms with Gasteiger partial charge >= 0.3 is 0 Å². The normalized spacial score (nSPS) is 10.7. The minimum atomic E-state index is 0.614. The smallest absolute Gasteiger partial charge is 0.126 e. The molecule has 4 aromatic rings. The molecule has 0 aromatic heterocycles. The van der Waals surface area contributed by atoms with E-state index in [4.69, 9.17) is 38.9 Å². The first-order chi connectivity index (χ1) is 27.1. The maximum absolute atomic E-state index is 8.94. The van der Waals surface area contributed by atoms with E-state index in [1.807, 2.05) is 72.9 Å². The van der Waals surface area contributed by atoms with Gasteiger partial charge in [-0.05, 0) is 155 Å². The zero-order valence-corrected chi connectivity index (χ0v) is 32.3. The van der Waals surface area contributed by atoms with Crippen molar-refractivity contribution in [2.24, 2.45) is 4.99 Å². The van der Waals surface area contributed by atoms with E-state index in [0.29, 0.717) is 50.8 Å². The molecule has 0 spiro atoms.